The number of fused-ring (bicyclic) bond motifs is 1. The van der Waals surface area contributed by atoms with Gasteiger partial charge in [0.15, 0.2) is 0 Å². The second-order valence-corrected chi connectivity index (χ2v) is 5.22. The second-order valence-electron chi connectivity index (χ2n) is 5.22. The Balaban J connectivity index is 1.86. The van der Waals surface area contributed by atoms with Crippen LogP contribution in [-0.2, 0) is 13.6 Å². The lowest BCUT2D eigenvalue weighted by Crippen LogP contribution is -2.06. The summed E-state index contributed by atoms with van der Waals surface area (Å²) in [5, 5.41) is 18.3. The summed E-state index contributed by atoms with van der Waals surface area (Å²) in [5.41, 5.74) is 3.18. The Kier molecular flexibility index (Phi) is 3.28. The first kappa shape index (κ1) is 14.1. The molecule has 0 aromatic carbocycles. The zero-order valence-electron chi connectivity index (χ0n) is 12.6. The quantitative estimate of drug-likeness (QED) is 0.589. The Morgan fingerprint density at radius 1 is 1.41 bits per heavy atom. The number of anilines is 1. The molecule has 0 fully saturated rings. The van der Waals surface area contributed by atoms with Crippen molar-refractivity contribution in [2.45, 2.75) is 20.4 Å². The summed E-state index contributed by atoms with van der Waals surface area (Å²) >= 11 is 0. The molecule has 0 radical (unpaired) electrons. The molecule has 8 nitrogen and oxygen atoms in total. The molecule has 0 aliphatic carbocycles. The Hall–Kier alpha value is -2.90. The largest absolute Gasteiger partial charge is 0.359 e. The number of aromatic nitrogens is 4. The third-order valence-corrected chi connectivity index (χ3v) is 3.48. The predicted octanol–water partition coefficient (Wildman–Crippen LogP) is 2.20. The molecule has 3 rings (SSSR count). The summed E-state index contributed by atoms with van der Waals surface area (Å²) in [6.07, 6.45) is 3.84. The van der Waals surface area contributed by atoms with Gasteiger partial charge in [-0.05, 0) is 31.5 Å². The highest BCUT2D eigenvalue weighted by molar-refractivity contribution is 5.59. The van der Waals surface area contributed by atoms with Crippen molar-refractivity contribution in [1.29, 1.82) is 0 Å². The lowest BCUT2D eigenvalue weighted by atomic mass is 10.3. The topological polar surface area (TPSA) is 90.3 Å². The first-order valence-corrected chi connectivity index (χ1v) is 6.82. The third kappa shape index (κ3) is 2.39. The van der Waals surface area contributed by atoms with Crippen molar-refractivity contribution < 1.29 is 4.92 Å². The van der Waals surface area contributed by atoms with Gasteiger partial charge in [0.25, 0.3) is 0 Å². The van der Waals surface area contributed by atoms with Crippen LogP contribution in [0.5, 0.6) is 0 Å². The van der Waals surface area contributed by atoms with E-state index in [0.29, 0.717) is 18.1 Å². The Labute approximate surface area is 126 Å². The molecule has 0 aliphatic heterocycles. The van der Waals surface area contributed by atoms with Gasteiger partial charge in [-0.2, -0.15) is 5.10 Å². The van der Waals surface area contributed by atoms with E-state index in [2.05, 4.69) is 15.4 Å². The maximum Gasteiger partial charge on any atom is 0.333 e. The van der Waals surface area contributed by atoms with Crippen LogP contribution in [0.3, 0.4) is 0 Å². The van der Waals surface area contributed by atoms with Crippen LogP contribution in [0, 0.1) is 24.0 Å². The molecule has 1 N–H and O–H groups in total. The fourth-order valence-corrected chi connectivity index (χ4v) is 2.46. The molecule has 22 heavy (non-hydrogen) atoms. The summed E-state index contributed by atoms with van der Waals surface area (Å²) < 4.78 is 3.40. The van der Waals surface area contributed by atoms with E-state index in [-0.39, 0.29) is 5.69 Å². The van der Waals surface area contributed by atoms with E-state index in [0.717, 1.165) is 16.9 Å². The number of rotatable bonds is 4. The molecular formula is C14H16N6O2. The maximum absolute atomic E-state index is 11.1. The van der Waals surface area contributed by atoms with Gasteiger partial charge in [0.1, 0.15) is 11.3 Å². The number of hydrogen-bond donors (Lipinski definition) is 1. The second kappa shape index (κ2) is 5.14. The van der Waals surface area contributed by atoms with Gasteiger partial charge in [-0.15, -0.1) is 0 Å². The van der Waals surface area contributed by atoms with Gasteiger partial charge in [0, 0.05) is 19.4 Å². The minimum Gasteiger partial charge on any atom is -0.359 e. The lowest BCUT2D eigenvalue weighted by Gasteiger charge is -2.03. The fourth-order valence-electron chi connectivity index (χ4n) is 2.46. The van der Waals surface area contributed by atoms with E-state index in [4.69, 9.17) is 0 Å². The van der Waals surface area contributed by atoms with Gasteiger partial charge in [-0.3, -0.25) is 10.1 Å². The van der Waals surface area contributed by atoms with E-state index in [1.165, 1.54) is 4.68 Å². The molecule has 0 aliphatic rings. The van der Waals surface area contributed by atoms with Gasteiger partial charge in [-0.1, -0.05) is 0 Å². The van der Waals surface area contributed by atoms with Crippen LogP contribution in [0.4, 0.5) is 11.5 Å². The Morgan fingerprint density at radius 2 is 2.18 bits per heavy atom. The number of hydrogen-bond acceptors (Lipinski definition) is 5. The van der Waals surface area contributed by atoms with Gasteiger partial charge in [-0.25, -0.2) is 9.67 Å². The highest BCUT2D eigenvalue weighted by Gasteiger charge is 2.23. The van der Waals surface area contributed by atoms with Gasteiger partial charge in [0.2, 0.25) is 5.82 Å². The van der Waals surface area contributed by atoms with E-state index in [9.17, 15) is 10.1 Å². The number of nitrogens with one attached hydrogen (secondary N) is 1. The highest BCUT2D eigenvalue weighted by Crippen LogP contribution is 2.27. The fraction of sp³-hybridized carbons (Fsp3) is 0.286. The van der Waals surface area contributed by atoms with Gasteiger partial charge >= 0.3 is 5.69 Å². The van der Waals surface area contributed by atoms with Crippen molar-refractivity contribution in [1.82, 2.24) is 19.2 Å². The molecule has 3 aromatic rings. The number of pyridine rings is 1. The summed E-state index contributed by atoms with van der Waals surface area (Å²) in [6.45, 7) is 4.02. The number of nitro groups is 1. The normalized spacial score (nSPS) is 11.0. The van der Waals surface area contributed by atoms with Crippen LogP contribution < -0.4 is 5.32 Å². The summed E-state index contributed by atoms with van der Waals surface area (Å²) in [4.78, 5) is 15.2. The van der Waals surface area contributed by atoms with Crippen molar-refractivity contribution in [3.63, 3.8) is 0 Å². The van der Waals surface area contributed by atoms with Crippen LogP contribution >= 0.6 is 0 Å². The molecule has 0 spiro atoms. The standard InChI is InChI=1S/C14H16N6O2/c1-9-4-5-19-8-11(16-12(19)6-9)7-15-14-13(20(21)22)10(2)17-18(14)3/h4-6,8,15H,7H2,1-3H3. The maximum atomic E-state index is 11.1. The molecule has 114 valence electrons. The van der Waals surface area contributed by atoms with E-state index < -0.39 is 4.92 Å². The third-order valence-electron chi connectivity index (χ3n) is 3.48. The molecule has 0 saturated carbocycles. The van der Waals surface area contributed by atoms with Crippen molar-refractivity contribution in [2.24, 2.45) is 7.05 Å². The molecule has 0 bridgehead atoms. The Morgan fingerprint density at radius 3 is 2.91 bits per heavy atom. The zero-order valence-corrected chi connectivity index (χ0v) is 12.6. The van der Waals surface area contributed by atoms with E-state index in [1.54, 1.807) is 14.0 Å². The monoisotopic (exact) mass is 300 g/mol. The Bertz CT molecular complexity index is 864. The predicted molar refractivity (Wildman–Crippen MR) is 81.9 cm³/mol. The van der Waals surface area contributed by atoms with E-state index >= 15 is 0 Å². The smallest absolute Gasteiger partial charge is 0.333 e. The molecule has 3 heterocycles. The molecule has 0 atom stereocenters. The van der Waals surface area contributed by atoms with Gasteiger partial charge < -0.3 is 9.72 Å². The number of aryl methyl sites for hydroxylation is 3. The van der Waals surface area contributed by atoms with Crippen molar-refractivity contribution in [2.75, 3.05) is 5.32 Å². The summed E-state index contributed by atoms with van der Waals surface area (Å²) in [7, 11) is 1.68. The zero-order chi connectivity index (χ0) is 15.9. The number of nitrogens with zero attached hydrogens (tertiary/aromatic N) is 5. The van der Waals surface area contributed by atoms with Crippen molar-refractivity contribution in [3.05, 3.63) is 51.6 Å². The first-order valence-electron chi connectivity index (χ1n) is 6.82. The lowest BCUT2D eigenvalue weighted by molar-refractivity contribution is -0.384. The van der Waals surface area contributed by atoms with E-state index in [1.807, 2.05) is 35.9 Å². The van der Waals surface area contributed by atoms with Gasteiger partial charge in [0.05, 0.1) is 17.2 Å². The SMILES string of the molecule is Cc1ccn2cc(CNc3c([N+](=O)[O-])c(C)nn3C)nc2c1. The minimum absolute atomic E-state index is 0.00195. The van der Waals surface area contributed by atoms with Crippen molar-refractivity contribution >= 4 is 17.2 Å². The van der Waals surface area contributed by atoms with Crippen LogP contribution in [0.15, 0.2) is 24.5 Å². The summed E-state index contributed by atoms with van der Waals surface area (Å²) in [6, 6.07) is 3.99. The highest BCUT2D eigenvalue weighted by atomic mass is 16.6. The summed E-state index contributed by atoms with van der Waals surface area (Å²) in [5.74, 6) is 0.385. The molecular weight excluding hydrogens is 284 g/mol. The molecule has 0 unspecified atom stereocenters. The number of imidazole rings is 1. The molecule has 3 aromatic heterocycles. The molecule has 0 amide bonds. The minimum atomic E-state index is -0.419. The van der Waals surface area contributed by atoms with Crippen LogP contribution in [0.1, 0.15) is 17.0 Å². The molecule has 0 saturated heterocycles. The molecule has 8 heteroatoms. The van der Waals surface area contributed by atoms with Crippen LogP contribution in [0.2, 0.25) is 0 Å². The van der Waals surface area contributed by atoms with Crippen LogP contribution in [0.25, 0.3) is 5.65 Å². The average molecular weight is 300 g/mol. The van der Waals surface area contributed by atoms with Crippen LogP contribution in [-0.4, -0.2) is 24.1 Å². The average Bonchev–Trinajstić information content (AvgIpc) is 2.95. The first-order chi connectivity index (χ1) is 10.5. The van der Waals surface area contributed by atoms with Crippen molar-refractivity contribution in [3.8, 4) is 0 Å².